The molecule has 0 bridgehead atoms. The van der Waals surface area contributed by atoms with Crippen LogP contribution in [0, 0.1) is 0 Å². The van der Waals surface area contributed by atoms with Crippen LogP contribution < -0.4 is 0 Å². The van der Waals surface area contributed by atoms with Gasteiger partial charge in [-0.3, -0.25) is 0 Å². The molecule has 0 unspecified atom stereocenters. The Morgan fingerprint density at radius 3 is 1.62 bits per heavy atom. The maximum absolute atomic E-state index is 6.72. The van der Waals surface area contributed by atoms with Crippen LogP contribution in [0.5, 0.6) is 0 Å². The molecule has 0 saturated carbocycles. The summed E-state index contributed by atoms with van der Waals surface area (Å²) >= 11 is 0. The summed E-state index contributed by atoms with van der Waals surface area (Å²) in [6.45, 7) is 0. The molecule has 0 N–H and O–H groups in total. The monoisotopic (exact) mass is 638 g/mol. The molecule has 0 atom stereocenters. The molecule has 0 fully saturated rings. The van der Waals surface area contributed by atoms with Crippen molar-refractivity contribution in [2.75, 3.05) is 0 Å². The van der Waals surface area contributed by atoms with Gasteiger partial charge in [-0.15, -0.1) is 0 Å². The zero-order valence-corrected chi connectivity index (χ0v) is 26.7. The summed E-state index contributed by atoms with van der Waals surface area (Å²) < 4.78 is 9.14. The topological polar surface area (TPSA) is 56.2 Å². The van der Waals surface area contributed by atoms with Gasteiger partial charge in [0, 0.05) is 54.6 Å². The fourth-order valence-electron chi connectivity index (χ4n) is 7.68. The first kappa shape index (κ1) is 27.1. The fraction of sp³-hybridized carbons (Fsp3) is 0. The highest BCUT2D eigenvalue weighted by Gasteiger charge is 2.20. The zero-order valence-electron chi connectivity index (χ0n) is 26.7. The van der Waals surface area contributed by atoms with Gasteiger partial charge in [0.2, 0.25) is 0 Å². The number of aromatic nitrogens is 4. The summed E-state index contributed by atoms with van der Waals surface area (Å²) in [6.07, 6.45) is 0. The van der Waals surface area contributed by atoms with Gasteiger partial charge in [-0.1, -0.05) is 140 Å². The Labute approximate surface area is 286 Å². The highest BCUT2D eigenvalue weighted by Crippen LogP contribution is 2.43. The summed E-state index contributed by atoms with van der Waals surface area (Å²) in [6, 6.07) is 54.8. The van der Waals surface area contributed by atoms with Gasteiger partial charge in [0.15, 0.2) is 17.5 Å². The number of rotatable bonds is 4. The Hall–Kier alpha value is -6.85. The maximum Gasteiger partial charge on any atom is 0.164 e. The number of furan rings is 1. The van der Waals surface area contributed by atoms with E-state index in [4.69, 9.17) is 19.4 Å². The van der Waals surface area contributed by atoms with Gasteiger partial charge in [0.1, 0.15) is 11.2 Å². The van der Waals surface area contributed by atoms with Crippen LogP contribution in [0.25, 0.3) is 105 Å². The van der Waals surface area contributed by atoms with E-state index >= 15 is 0 Å². The Bertz CT molecular complexity index is 3010. The zero-order chi connectivity index (χ0) is 32.8. The van der Waals surface area contributed by atoms with E-state index in [2.05, 4.69) is 101 Å². The predicted molar refractivity (Wildman–Crippen MR) is 204 cm³/mol. The average molecular weight is 639 g/mol. The normalized spacial score (nSPS) is 12.0. The molecule has 0 aliphatic rings. The van der Waals surface area contributed by atoms with Crippen LogP contribution in [-0.4, -0.2) is 19.4 Å². The summed E-state index contributed by atoms with van der Waals surface area (Å²) in [5.41, 5.74) is 10.4. The lowest BCUT2D eigenvalue weighted by atomic mass is 10.0. The van der Waals surface area contributed by atoms with Crippen LogP contribution in [0.4, 0.5) is 0 Å². The van der Waals surface area contributed by atoms with E-state index < -0.39 is 0 Å². The number of hydrogen-bond acceptors (Lipinski definition) is 4. The number of para-hydroxylation sites is 3. The number of benzene rings is 7. The predicted octanol–water partition coefficient (Wildman–Crippen LogP) is 11.6. The molecule has 4 heterocycles. The molecule has 11 aromatic rings. The molecule has 4 aromatic heterocycles. The molecule has 0 spiro atoms. The highest BCUT2D eigenvalue weighted by atomic mass is 16.3. The van der Waals surface area contributed by atoms with Crippen LogP contribution >= 0.6 is 0 Å². The minimum Gasteiger partial charge on any atom is -0.455 e. The van der Waals surface area contributed by atoms with Crippen molar-refractivity contribution in [2.24, 2.45) is 0 Å². The Kier molecular flexibility index (Phi) is 5.60. The third kappa shape index (κ3) is 3.92. The van der Waals surface area contributed by atoms with Crippen LogP contribution in [0.3, 0.4) is 0 Å². The first-order chi connectivity index (χ1) is 24.8. The largest absolute Gasteiger partial charge is 0.455 e. The van der Waals surface area contributed by atoms with Crippen molar-refractivity contribution in [2.45, 2.75) is 0 Å². The van der Waals surface area contributed by atoms with E-state index in [1.165, 1.54) is 38.1 Å². The van der Waals surface area contributed by atoms with Crippen LogP contribution in [0.2, 0.25) is 0 Å². The SMILES string of the molecule is c1ccc(-c2nc(-c3ccccc3)nc(-c3ccc(-c4cccc5c4oc4cc6c7cccc8c9ccccc9n(c6cc45)c87)cc3)n2)cc1. The van der Waals surface area contributed by atoms with E-state index in [-0.39, 0.29) is 0 Å². The maximum atomic E-state index is 6.72. The van der Waals surface area contributed by atoms with E-state index in [1.54, 1.807) is 0 Å². The molecule has 5 nitrogen and oxygen atoms in total. The quantitative estimate of drug-likeness (QED) is 0.192. The summed E-state index contributed by atoms with van der Waals surface area (Å²) in [7, 11) is 0. The summed E-state index contributed by atoms with van der Waals surface area (Å²) in [5, 5.41) is 7.23. The average Bonchev–Trinajstić information content (AvgIpc) is 3.84. The summed E-state index contributed by atoms with van der Waals surface area (Å²) in [4.78, 5) is 14.7. The van der Waals surface area contributed by atoms with Crippen molar-refractivity contribution in [3.05, 3.63) is 158 Å². The first-order valence-electron chi connectivity index (χ1n) is 16.8. The Balaban J connectivity index is 1.05. The number of nitrogens with zero attached hydrogens (tertiary/aromatic N) is 4. The molecule has 232 valence electrons. The second kappa shape index (κ2) is 10.3. The minimum absolute atomic E-state index is 0.632. The third-order valence-corrected chi connectivity index (χ3v) is 9.99. The molecule has 11 rings (SSSR count). The Morgan fingerprint density at radius 1 is 0.380 bits per heavy atom. The number of fused-ring (bicyclic) bond motifs is 9. The van der Waals surface area contributed by atoms with Gasteiger partial charge in [0.25, 0.3) is 0 Å². The van der Waals surface area contributed by atoms with Crippen LogP contribution in [-0.2, 0) is 0 Å². The summed E-state index contributed by atoms with van der Waals surface area (Å²) in [5.74, 6) is 1.93. The van der Waals surface area contributed by atoms with Crippen molar-refractivity contribution in [3.8, 4) is 45.3 Å². The third-order valence-electron chi connectivity index (χ3n) is 9.99. The molecular formula is C45H26N4O. The van der Waals surface area contributed by atoms with Gasteiger partial charge < -0.3 is 8.82 Å². The van der Waals surface area contributed by atoms with Crippen molar-refractivity contribution in [3.63, 3.8) is 0 Å². The molecule has 0 aliphatic carbocycles. The second-order valence-corrected chi connectivity index (χ2v) is 12.8. The highest BCUT2D eigenvalue weighted by molar-refractivity contribution is 6.25. The lowest BCUT2D eigenvalue weighted by Gasteiger charge is -2.09. The molecule has 5 heteroatoms. The van der Waals surface area contributed by atoms with E-state index in [1.807, 2.05) is 60.7 Å². The molecule has 0 saturated heterocycles. The van der Waals surface area contributed by atoms with E-state index in [0.717, 1.165) is 49.8 Å². The fourth-order valence-corrected chi connectivity index (χ4v) is 7.68. The van der Waals surface area contributed by atoms with Crippen LogP contribution in [0.1, 0.15) is 0 Å². The second-order valence-electron chi connectivity index (χ2n) is 12.8. The molecule has 0 aliphatic heterocycles. The molecule has 50 heavy (non-hydrogen) atoms. The van der Waals surface area contributed by atoms with Crippen molar-refractivity contribution in [1.29, 1.82) is 0 Å². The molecule has 0 radical (unpaired) electrons. The standard InChI is InChI=1S/C45H26N4O/c1-3-11-28(12-4-1)43-46-44(29-13-5-2-6-14-29)48-45(47-43)30-23-21-27(22-24-30)31-16-9-19-35-37-25-39-36(26-40(37)50-42(31)35)34-18-10-17-33-32-15-7-8-20-38(32)49(39)41(33)34/h1-26H. The molecular weight excluding hydrogens is 613 g/mol. The van der Waals surface area contributed by atoms with E-state index in [0.29, 0.717) is 17.5 Å². The lowest BCUT2D eigenvalue weighted by molar-refractivity contribution is 0.670. The van der Waals surface area contributed by atoms with Gasteiger partial charge >= 0.3 is 0 Å². The van der Waals surface area contributed by atoms with Crippen molar-refractivity contribution < 1.29 is 4.42 Å². The Morgan fingerprint density at radius 2 is 0.920 bits per heavy atom. The lowest BCUT2D eigenvalue weighted by Crippen LogP contribution is -2.00. The van der Waals surface area contributed by atoms with Crippen molar-refractivity contribution >= 4 is 60.0 Å². The van der Waals surface area contributed by atoms with Gasteiger partial charge in [-0.25, -0.2) is 15.0 Å². The van der Waals surface area contributed by atoms with Gasteiger partial charge in [-0.2, -0.15) is 0 Å². The molecule has 0 amide bonds. The minimum atomic E-state index is 0.632. The van der Waals surface area contributed by atoms with Crippen LogP contribution in [0.15, 0.2) is 162 Å². The van der Waals surface area contributed by atoms with Crippen molar-refractivity contribution in [1.82, 2.24) is 19.4 Å². The van der Waals surface area contributed by atoms with E-state index in [9.17, 15) is 0 Å². The molecule has 7 aromatic carbocycles. The van der Waals surface area contributed by atoms with Gasteiger partial charge in [0.05, 0.1) is 16.6 Å². The number of hydrogen-bond donors (Lipinski definition) is 0. The smallest absolute Gasteiger partial charge is 0.164 e. The van der Waals surface area contributed by atoms with Gasteiger partial charge in [-0.05, 0) is 23.8 Å². The first-order valence-corrected chi connectivity index (χ1v) is 16.8.